The fourth-order valence-electron chi connectivity index (χ4n) is 0.860. The van der Waals surface area contributed by atoms with Crippen molar-refractivity contribution in [1.29, 1.82) is 0 Å². The summed E-state index contributed by atoms with van der Waals surface area (Å²) in [5.41, 5.74) is 0. The van der Waals surface area contributed by atoms with Gasteiger partial charge in [0.15, 0.2) is 0 Å². The Labute approximate surface area is 74.2 Å². The van der Waals surface area contributed by atoms with Crippen molar-refractivity contribution in [3.63, 3.8) is 0 Å². The highest BCUT2D eigenvalue weighted by Crippen LogP contribution is 1.88. The Balaban J connectivity index is 3.39. The molecule has 0 heterocycles. The average Bonchev–Trinajstić information content (AvgIpc) is 2.02. The van der Waals surface area contributed by atoms with Gasteiger partial charge in [0.05, 0.1) is 6.54 Å². The van der Waals surface area contributed by atoms with Crippen LogP contribution in [0.15, 0.2) is 12.7 Å². The van der Waals surface area contributed by atoms with E-state index < -0.39 is 0 Å². The van der Waals surface area contributed by atoms with Gasteiger partial charge in [-0.25, -0.2) is 0 Å². The quantitative estimate of drug-likeness (QED) is 0.575. The van der Waals surface area contributed by atoms with Crippen molar-refractivity contribution >= 4 is 5.91 Å². The highest BCUT2D eigenvalue weighted by molar-refractivity contribution is 5.77. The molecule has 0 radical (unpaired) electrons. The maximum Gasteiger partial charge on any atom is 0.233 e. The Morgan fingerprint density at radius 1 is 1.67 bits per heavy atom. The first-order valence-corrected chi connectivity index (χ1v) is 4.31. The van der Waals surface area contributed by atoms with Crippen LogP contribution >= 0.6 is 0 Å². The number of nitrogens with one attached hydrogen (secondary N) is 2. The minimum atomic E-state index is 0.0495. The van der Waals surface area contributed by atoms with Crippen molar-refractivity contribution < 1.29 is 4.79 Å². The van der Waals surface area contributed by atoms with Crippen LogP contribution in [-0.2, 0) is 4.79 Å². The van der Waals surface area contributed by atoms with Gasteiger partial charge in [-0.05, 0) is 20.3 Å². The summed E-state index contributed by atoms with van der Waals surface area (Å²) in [6.07, 6.45) is 2.73. The number of likely N-dealkylation sites (N-methyl/N-ethyl adjacent to an activating group) is 1. The van der Waals surface area contributed by atoms with Gasteiger partial charge in [-0.1, -0.05) is 6.08 Å². The summed E-state index contributed by atoms with van der Waals surface area (Å²) in [4.78, 5) is 11.0. The minimum absolute atomic E-state index is 0.0495. The van der Waals surface area contributed by atoms with Crippen LogP contribution in [0.1, 0.15) is 20.3 Å². The molecule has 70 valence electrons. The largest absolute Gasteiger partial charge is 0.355 e. The van der Waals surface area contributed by atoms with Gasteiger partial charge in [0, 0.05) is 12.6 Å². The normalized spacial score (nSPS) is 12.2. The lowest BCUT2D eigenvalue weighted by Gasteiger charge is -2.10. The second-order valence-corrected chi connectivity index (χ2v) is 2.76. The Kier molecular flexibility index (Phi) is 6.38. The van der Waals surface area contributed by atoms with E-state index >= 15 is 0 Å². The van der Waals surface area contributed by atoms with E-state index in [1.165, 1.54) is 0 Å². The van der Waals surface area contributed by atoms with E-state index in [9.17, 15) is 4.79 Å². The molecule has 0 saturated carbocycles. The summed E-state index contributed by atoms with van der Waals surface area (Å²) in [6.45, 7) is 8.64. The van der Waals surface area contributed by atoms with E-state index in [4.69, 9.17) is 0 Å². The molecule has 0 aliphatic carbocycles. The van der Waals surface area contributed by atoms with E-state index in [-0.39, 0.29) is 5.91 Å². The lowest BCUT2D eigenvalue weighted by molar-refractivity contribution is -0.120. The predicted molar refractivity (Wildman–Crippen MR) is 51.0 cm³/mol. The third-order valence-corrected chi connectivity index (χ3v) is 1.51. The van der Waals surface area contributed by atoms with Gasteiger partial charge in [-0.2, -0.15) is 0 Å². The van der Waals surface area contributed by atoms with E-state index in [1.54, 1.807) is 0 Å². The molecule has 0 aliphatic rings. The van der Waals surface area contributed by atoms with Crippen LogP contribution in [-0.4, -0.2) is 25.0 Å². The molecule has 2 N–H and O–H groups in total. The first-order chi connectivity index (χ1) is 5.70. The summed E-state index contributed by atoms with van der Waals surface area (Å²) in [7, 11) is 0. The molecule has 0 aromatic carbocycles. The number of amides is 1. The van der Waals surface area contributed by atoms with Crippen LogP contribution < -0.4 is 10.6 Å². The zero-order valence-corrected chi connectivity index (χ0v) is 7.89. The maximum atomic E-state index is 11.0. The van der Waals surface area contributed by atoms with Gasteiger partial charge < -0.3 is 10.6 Å². The standard InChI is InChI=1S/C9H18N2O/c1-4-6-8(3)11-7-9(12)10-5-2/h4,8,11H,1,5-7H2,2-3H3,(H,10,12). The SMILES string of the molecule is C=CCC(C)NCC(=O)NCC. The minimum Gasteiger partial charge on any atom is -0.355 e. The average molecular weight is 170 g/mol. The van der Waals surface area contributed by atoms with Crippen LogP contribution in [0.3, 0.4) is 0 Å². The van der Waals surface area contributed by atoms with E-state index in [0.29, 0.717) is 19.1 Å². The fourth-order valence-corrected chi connectivity index (χ4v) is 0.860. The molecule has 0 rings (SSSR count). The third-order valence-electron chi connectivity index (χ3n) is 1.51. The van der Waals surface area contributed by atoms with E-state index in [2.05, 4.69) is 17.2 Å². The predicted octanol–water partition coefficient (Wildman–Crippen LogP) is 0.677. The summed E-state index contributed by atoms with van der Waals surface area (Å²) < 4.78 is 0. The zero-order valence-electron chi connectivity index (χ0n) is 7.89. The Bertz CT molecular complexity index is 145. The lowest BCUT2D eigenvalue weighted by atomic mass is 10.2. The molecule has 0 fully saturated rings. The second kappa shape index (κ2) is 6.85. The number of rotatable bonds is 6. The van der Waals surface area contributed by atoms with Crippen molar-refractivity contribution in [3.8, 4) is 0 Å². The molecule has 0 bridgehead atoms. The van der Waals surface area contributed by atoms with Crippen molar-refractivity contribution in [2.24, 2.45) is 0 Å². The van der Waals surface area contributed by atoms with Gasteiger partial charge in [0.1, 0.15) is 0 Å². The zero-order chi connectivity index (χ0) is 9.40. The molecule has 12 heavy (non-hydrogen) atoms. The molecule has 0 spiro atoms. The van der Waals surface area contributed by atoms with Crippen LogP contribution in [0.4, 0.5) is 0 Å². The van der Waals surface area contributed by atoms with Crippen molar-refractivity contribution in [1.82, 2.24) is 10.6 Å². The lowest BCUT2D eigenvalue weighted by Crippen LogP contribution is -2.37. The highest BCUT2D eigenvalue weighted by atomic mass is 16.1. The smallest absolute Gasteiger partial charge is 0.233 e. The summed E-state index contributed by atoms with van der Waals surface area (Å²) in [5.74, 6) is 0.0495. The van der Waals surface area contributed by atoms with Crippen LogP contribution in [0, 0.1) is 0 Å². The maximum absolute atomic E-state index is 11.0. The third kappa shape index (κ3) is 5.92. The summed E-state index contributed by atoms with van der Waals surface area (Å²) in [6, 6.07) is 0.324. The number of carbonyl (C=O) groups excluding carboxylic acids is 1. The molecular weight excluding hydrogens is 152 g/mol. The van der Waals surface area contributed by atoms with Gasteiger partial charge >= 0.3 is 0 Å². The molecule has 3 nitrogen and oxygen atoms in total. The topological polar surface area (TPSA) is 41.1 Å². The Morgan fingerprint density at radius 3 is 2.83 bits per heavy atom. The Hall–Kier alpha value is -0.830. The van der Waals surface area contributed by atoms with Crippen molar-refractivity contribution in [2.45, 2.75) is 26.3 Å². The molecule has 0 aliphatic heterocycles. The monoisotopic (exact) mass is 170 g/mol. The van der Waals surface area contributed by atoms with E-state index in [1.807, 2.05) is 19.9 Å². The second-order valence-electron chi connectivity index (χ2n) is 2.76. The van der Waals surface area contributed by atoms with Crippen LogP contribution in [0.5, 0.6) is 0 Å². The fraction of sp³-hybridized carbons (Fsp3) is 0.667. The van der Waals surface area contributed by atoms with E-state index in [0.717, 1.165) is 6.42 Å². The van der Waals surface area contributed by atoms with Crippen LogP contribution in [0.25, 0.3) is 0 Å². The summed E-state index contributed by atoms with van der Waals surface area (Å²) >= 11 is 0. The van der Waals surface area contributed by atoms with Crippen LogP contribution in [0.2, 0.25) is 0 Å². The first-order valence-electron chi connectivity index (χ1n) is 4.31. The molecular formula is C9H18N2O. The van der Waals surface area contributed by atoms with Gasteiger partial charge in [0.25, 0.3) is 0 Å². The van der Waals surface area contributed by atoms with Gasteiger partial charge in [-0.15, -0.1) is 6.58 Å². The number of hydrogen-bond acceptors (Lipinski definition) is 2. The molecule has 1 unspecified atom stereocenters. The Morgan fingerprint density at radius 2 is 2.33 bits per heavy atom. The first kappa shape index (κ1) is 11.2. The van der Waals surface area contributed by atoms with Gasteiger partial charge in [0.2, 0.25) is 5.91 Å². The number of hydrogen-bond donors (Lipinski definition) is 2. The molecule has 0 aromatic rings. The molecule has 0 saturated heterocycles. The van der Waals surface area contributed by atoms with Gasteiger partial charge in [-0.3, -0.25) is 4.79 Å². The number of carbonyl (C=O) groups is 1. The molecule has 3 heteroatoms. The van der Waals surface area contributed by atoms with Crippen molar-refractivity contribution in [2.75, 3.05) is 13.1 Å². The highest BCUT2D eigenvalue weighted by Gasteiger charge is 2.01. The van der Waals surface area contributed by atoms with Crippen molar-refractivity contribution in [3.05, 3.63) is 12.7 Å². The molecule has 1 amide bonds. The molecule has 0 aromatic heterocycles. The molecule has 1 atom stereocenters. The summed E-state index contributed by atoms with van der Waals surface area (Å²) in [5, 5.41) is 5.80.